The molecule has 5 heteroatoms. The van der Waals surface area contributed by atoms with Crippen LogP contribution in [0.1, 0.15) is 61.8 Å². The summed E-state index contributed by atoms with van der Waals surface area (Å²) in [5, 5.41) is 4.15. The number of esters is 1. The van der Waals surface area contributed by atoms with Gasteiger partial charge in [0.25, 0.3) is 0 Å². The molecule has 0 spiro atoms. The van der Waals surface area contributed by atoms with Crippen LogP contribution in [0.3, 0.4) is 0 Å². The molecule has 114 valence electrons. The predicted octanol–water partition coefficient (Wildman–Crippen LogP) is 4.26. The first kappa shape index (κ1) is 17.0. The summed E-state index contributed by atoms with van der Waals surface area (Å²) in [4.78, 5) is 16.5. The van der Waals surface area contributed by atoms with Crippen molar-refractivity contribution in [2.75, 3.05) is 19.0 Å². The van der Waals surface area contributed by atoms with Crippen molar-refractivity contribution in [1.29, 1.82) is 0 Å². The second-order valence-electron chi connectivity index (χ2n) is 5.90. The van der Waals surface area contributed by atoms with Crippen LogP contribution in [0.2, 0.25) is 0 Å². The molecule has 0 bridgehead atoms. The summed E-state index contributed by atoms with van der Waals surface area (Å²) in [5.74, 6) is -0.310. The minimum atomic E-state index is -0.310. The summed E-state index contributed by atoms with van der Waals surface area (Å²) >= 11 is 1.36. The molecule has 0 aliphatic rings. The van der Waals surface area contributed by atoms with Gasteiger partial charge in [0, 0.05) is 6.54 Å². The largest absolute Gasteiger partial charge is 0.465 e. The normalized spacial score (nSPS) is 11.4. The Labute approximate surface area is 125 Å². The molecule has 0 saturated carbocycles. The third kappa shape index (κ3) is 5.12. The fourth-order valence-electron chi connectivity index (χ4n) is 2.01. The van der Waals surface area contributed by atoms with E-state index in [0.29, 0.717) is 4.88 Å². The van der Waals surface area contributed by atoms with Crippen molar-refractivity contribution < 1.29 is 9.53 Å². The zero-order valence-electron chi connectivity index (χ0n) is 13.2. The van der Waals surface area contributed by atoms with E-state index >= 15 is 0 Å². The first-order valence-electron chi connectivity index (χ1n) is 7.19. The van der Waals surface area contributed by atoms with Crippen LogP contribution in [0.15, 0.2) is 0 Å². The highest BCUT2D eigenvalue weighted by Gasteiger charge is 2.20. The van der Waals surface area contributed by atoms with Crippen LogP contribution in [0, 0.1) is 12.3 Å². The molecule has 1 rings (SSSR count). The molecular weight excluding hydrogens is 272 g/mol. The lowest BCUT2D eigenvalue weighted by molar-refractivity contribution is 0.0605. The molecule has 20 heavy (non-hydrogen) atoms. The minimum absolute atomic E-state index is 0.236. The van der Waals surface area contributed by atoms with Crippen molar-refractivity contribution >= 4 is 22.4 Å². The number of ether oxygens (including phenoxy) is 1. The zero-order valence-corrected chi connectivity index (χ0v) is 14.0. The zero-order chi connectivity index (χ0) is 15.2. The number of aromatic nitrogens is 1. The van der Waals surface area contributed by atoms with Gasteiger partial charge in [-0.25, -0.2) is 9.78 Å². The number of thiazole rings is 1. The van der Waals surface area contributed by atoms with E-state index in [4.69, 9.17) is 4.74 Å². The summed E-state index contributed by atoms with van der Waals surface area (Å²) < 4.78 is 4.75. The molecule has 4 nitrogen and oxygen atoms in total. The molecule has 0 fully saturated rings. The third-order valence-corrected chi connectivity index (χ3v) is 4.44. The number of hydrogen-bond donors (Lipinski definition) is 1. The van der Waals surface area contributed by atoms with E-state index in [-0.39, 0.29) is 11.4 Å². The molecular formula is C15H26N2O2S. The highest BCUT2D eigenvalue weighted by molar-refractivity contribution is 7.17. The highest BCUT2D eigenvalue weighted by atomic mass is 32.1. The Balaban J connectivity index is 2.55. The molecule has 0 unspecified atom stereocenters. The number of nitrogens with zero attached hydrogens (tertiary/aromatic N) is 1. The maximum Gasteiger partial charge on any atom is 0.350 e. The van der Waals surface area contributed by atoms with Crippen LogP contribution in [0.25, 0.3) is 0 Å². The van der Waals surface area contributed by atoms with Crippen LogP contribution < -0.4 is 5.32 Å². The van der Waals surface area contributed by atoms with E-state index in [9.17, 15) is 4.79 Å². The number of methoxy groups -OCH3 is 1. The molecule has 0 atom stereocenters. The Morgan fingerprint density at radius 3 is 2.70 bits per heavy atom. The topological polar surface area (TPSA) is 51.2 Å². The lowest BCUT2D eigenvalue weighted by Crippen LogP contribution is -2.23. The van der Waals surface area contributed by atoms with E-state index in [0.717, 1.165) is 17.4 Å². The number of nitrogens with one attached hydrogen (secondary N) is 1. The van der Waals surface area contributed by atoms with Gasteiger partial charge in [-0.1, -0.05) is 51.4 Å². The fourth-order valence-corrected chi connectivity index (χ4v) is 2.89. The lowest BCUT2D eigenvalue weighted by atomic mass is 9.87. The average Bonchev–Trinajstić information content (AvgIpc) is 2.77. The lowest BCUT2D eigenvalue weighted by Gasteiger charge is -2.24. The van der Waals surface area contributed by atoms with Gasteiger partial charge in [0.15, 0.2) is 5.13 Å². The van der Waals surface area contributed by atoms with Crippen LogP contribution >= 0.6 is 11.3 Å². The Bertz CT molecular complexity index is 441. The summed E-state index contributed by atoms with van der Waals surface area (Å²) in [6.45, 7) is 9.44. The molecule has 1 heterocycles. The molecule has 0 radical (unpaired) electrons. The first-order chi connectivity index (χ1) is 9.39. The van der Waals surface area contributed by atoms with Crippen LogP contribution in [-0.2, 0) is 4.74 Å². The van der Waals surface area contributed by atoms with E-state index in [1.807, 2.05) is 6.92 Å². The average molecular weight is 298 g/mol. The highest BCUT2D eigenvalue weighted by Crippen LogP contribution is 2.27. The van der Waals surface area contributed by atoms with Crippen molar-refractivity contribution in [2.45, 2.75) is 53.4 Å². The maximum absolute atomic E-state index is 11.5. The first-order valence-corrected chi connectivity index (χ1v) is 8.01. The Hall–Kier alpha value is -1.10. The van der Waals surface area contributed by atoms with E-state index < -0.39 is 0 Å². The van der Waals surface area contributed by atoms with Crippen molar-refractivity contribution in [2.24, 2.45) is 5.41 Å². The second-order valence-corrected chi connectivity index (χ2v) is 6.90. The standard InChI is InChI=1S/C15H26N2O2S/c1-6-7-8-9-15(3,4)10-16-14-17-11(2)12(20-14)13(18)19-5/h6-10H2,1-5H3,(H,16,17). The van der Waals surface area contributed by atoms with Gasteiger partial charge in [0.1, 0.15) is 4.88 Å². The minimum Gasteiger partial charge on any atom is -0.465 e. The molecule has 1 N–H and O–H groups in total. The van der Waals surface area contributed by atoms with Crippen molar-refractivity contribution in [3.8, 4) is 0 Å². The van der Waals surface area contributed by atoms with Gasteiger partial charge in [-0.05, 0) is 18.8 Å². The third-order valence-electron chi connectivity index (χ3n) is 3.34. The molecule has 0 saturated heterocycles. The Morgan fingerprint density at radius 2 is 2.10 bits per heavy atom. The number of carbonyl (C=O) groups excluding carboxylic acids is 1. The number of hydrogen-bond acceptors (Lipinski definition) is 5. The number of rotatable bonds is 8. The van der Waals surface area contributed by atoms with Crippen LogP contribution in [-0.4, -0.2) is 24.6 Å². The van der Waals surface area contributed by atoms with E-state index in [1.54, 1.807) is 0 Å². The summed E-state index contributed by atoms with van der Waals surface area (Å²) in [6, 6.07) is 0. The van der Waals surface area contributed by atoms with Gasteiger partial charge < -0.3 is 10.1 Å². The SMILES string of the molecule is CCCCCC(C)(C)CNc1nc(C)c(C(=O)OC)s1. The molecule has 0 aliphatic carbocycles. The Kier molecular flexibility index (Phi) is 6.46. The van der Waals surface area contributed by atoms with E-state index in [2.05, 4.69) is 31.1 Å². The number of anilines is 1. The molecule has 0 amide bonds. The predicted molar refractivity (Wildman–Crippen MR) is 84.6 cm³/mol. The van der Waals surface area contributed by atoms with Gasteiger partial charge in [-0.3, -0.25) is 0 Å². The molecule has 0 aliphatic heterocycles. The Morgan fingerprint density at radius 1 is 1.40 bits per heavy atom. The van der Waals surface area contributed by atoms with Crippen molar-refractivity contribution in [3.05, 3.63) is 10.6 Å². The number of unbranched alkanes of at least 4 members (excludes halogenated alkanes) is 2. The smallest absolute Gasteiger partial charge is 0.350 e. The second kappa shape index (κ2) is 7.62. The van der Waals surface area contributed by atoms with Gasteiger partial charge in [-0.15, -0.1) is 0 Å². The summed E-state index contributed by atoms with van der Waals surface area (Å²) in [5.41, 5.74) is 0.966. The molecule has 0 aromatic carbocycles. The molecule has 1 aromatic heterocycles. The van der Waals surface area contributed by atoms with Crippen molar-refractivity contribution in [3.63, 3.8) is 0 Å². The monoisotopic (exact) mass is 298 g/mol. The quantitative estimate of drug-likeness (QED) is 0.575. The summed E-state index contributed by atoms with van der Waals surface area (Å²) in [7, 11) is 1.39. The van der Waals surface area contributed by atoms with E-state index in [1.165, 1.54) is 44.1 Å². The van der Waals surface area contributed by atoms with Crippen LogP contribution in [0.5, 0.6) is 0 Å². The summed E-state index contributed by atoms with van der Waals surface area (Å²) in [6.07, 6.45) is 4.99. The van der Waals surface area contributed by atoms with Crippen LogP contribution in [0.4, 0.5) is 5.13 Å². The van der Waals surface area contributed by atoms with Crippen molar-refractivity contribution in [1.82, 2.24) is 4.98 Å². The number of carbonyl (C=O) groups is 1. The van der Waals surface area contributed by atoms with Gasteiger partial charge in [-0.2, -0.15) is 0 Å². The van der Waals surface area contributed by atoms with Gasteiger partial charge in [0.2, 0.25) is 0 Å². The molecule has 1 aromatic rings. The van der Waals surface area contributed by atoms with Gasteiger partial charge in [0.05, 0.1) is 12.8 Å². The maximum atomic E-state index is 11.5. The fraction of sp³-hybridized carbons (Fsp3) is 0.733. The van der Waals surface area contributed by atoms with Gasteiger partial charge >= 0.3 is 5.97 Å². The number of aryl methyl sites for hydroxylation is 1.